The number of alkyl halides is 2. The molecule has 0 radical (unpaired) electrons. The van der Waals surface area contributed by atoms with Gasteiger partial charge in [-0.25, -0.2) is 8.78 Å². The van der Waals surface area contributed by atoms with E-state index in [0.717, 1.165) is 0 Å². The molecule has 3 heteroatoms. The Hall–Kier alpha value is -0.180. The Balaban J connectivity index is 2.60. The zero-order valence-electron chi connectivity index (χ0n) is 9.19. The lowest BCUT2D eigenvalue weighted by atomic mass is 9.82. The first kappa shape index (κ1) is 11.9. The summed E-state index contributed by atoms with van der Waals surface area (Å²) < 4.78 is 26.6. The fourth-order valence-electron chi connectivity index (χ4n) is 1.99. The van der Waals surface area contributed by atoms with Crippen LogP contribution in [0.5, 0.6) is 0 Å². The average Bonchev–Trinajstić information content (AvgIpc) is 2.30. The Morgan fingerprint density at radius 3 is 2.43 bits per heavy atom. The summed E-state index contributed by atoms with van der Waals surface area (Å²) in [5, 5.41) is 9.95. The van der Waals surface area contributed by atoms with Crippen LogP contribution in [0.25, 0.3) is 0 Å². The summed E-state index contributed by atoms with van der Waals surface area (Å²) in [6.45, 7) is 5.40. The predicted octanol–water partition coefficient (Wildman–Crippen LogP) is 3.22. The van der Waals surface area contributed by atoms with Gasteiger partial charge in [-0.05, 0) is 32.1 Å². The maximum absolute atomic E-state index is 13.3. The quantitative estimate of drug-likeness (QED) is 0.751. The second-order valence-corrected chi connectivity index (χ2v) is 5.07. The molecule has 14 heavy (non-hydrogen) atoms. The van der Waals surface area contributed by atoms with Gasteiger partial charge in [0.2, 0.25) is 0 Å². The van der Waals surface area contributed by atoms with Crippen molar-refractivity contribution in [1.82, 2.24) is 0 Å². The normalized spacial score (nSPS) is 30.6. The molecule has 0 aromatic heterocycles. The van der Waals surface area contributed by atoms with Crippen LogP contribution in [0.1, 0.15) is 46.5 Å². The van der Waals surface area contributed by atoms with E-state index in [2.05, 4.69) is 0 Å². The van der Waals surface area contributed by atoms with E-state index in [1.54, 1.807) is 6.92 Å². The van der Waals surface area contributed by atoms with E-state index in [9.17, 15) is 13.9 Å². The maximum atomic E-state index is 13.3. The molecule has 2 atom stereocenters. The summed E-state index contributed by atoms with van der Waals surface area (Å²) in [4.78, 5) is 0. The van der Waals surface area contributed by atoms with E-state index in [0.29, 0.717) is 12.8 Å². The lowest BCUT2D eigenvalue weighted by Crippen LogP contribution is -2.37. The minimum Gasteiger partial charge on any atom is -0.390 e. The highest BCUT2D eigenvalue weighted by atomic mass is 19.3. The molecule has 2 unspecified atom stereocenters. The van der Waals surface area contributed by atoms with Crippen molar-refractivity contribution >= 4 is 0 Å². The molecule has 0 aromatic rings. The molecule has 1 aliphatic carbocycles. The van der Waals surface area contributed by atoms with E-state index in [1.807, 2.05) is 13.8 Å². The van der Waals surface area contributed by atoms with Crippen molar-refractivity contribution in [2.45, 2.75) is 58.0 Å². The molecule has 0 aromatic carbocycles. The topological polar surface area (TPSA) is 20.2 Å². The predicted molar refractivity (Wildman–Crippen MR) is 52.4 cm³/mol. The molecule has 1 rings (SSSR count). The molecule has 0 bridgehead atoms. The van der Waals surface area contributed by atoms with Crippen molar-refractivity contribution < 1.29 is 13.9 Å². The third-order valence-corrected chi connectivity index (χ3v) is 3.56. The number of aliphatic hydroxyl groups is 1. The Morgan fingerprint density at radius 1 is 1.50 bits per heavy atom. The third-order valence-electron chi connectivity index (χ3n) is 3.56. The molecule has 1 N–H and O–H groups in total. The standard InChI is InChI=1S/C11H20F2O/c1-8(2)10(3,14)7-9-5-4-6-11(9,12)13/h8-9,14H,4-7H2,1-3H3. The smallest absolute Gasteiger partial charge is 0.251 e. The Morgan fingerprint density at radius 2 is 2.07 bits per heavy atom. The highest BCUT2D eigenvalue weighted by molar-refractivity contribution is 4.90. The van der Waals surface area contributed by atoms with Crippen molar-refractivity contribution in [1.29, 1.82) is 0 Å². The first-order chi connectivity index (χ1) is 6.26. The maximum Gasteiger partial charge on any atom is 0.251 e. The van der Waals surface area contributed by atoms with Crippen LogP contribution in [0.2, 0.25) is 0 Å². The van der Waals surface area contributed by atoms with E-state index in [4.69, 9.17) is 0 Å². The lowest BCUT2D eigenvalue weighted by Gasteiger charge is -2.32. The van der Waals surface area contributed by atoms with Crippen LogP contribution in [-0.4, -0.2) is 16.6 Å². The average molecular weight is 206 g/mol. The summed E-state index contributed by atoms with van der Waals surface area (Å²) in [6, 6.07) is 0. The monoisotopic (exact) mass is 206 g/mol. The fraction of sp³-hybridized carbons (Fsp3) is 1.00. The summed E-state index contributed by atoms with van der Waals surface area (Å²) in [7, 11) is 0. The number of halogens is 2. The Bertz CT molecular complexity index is 199. The summed E-state index contributed by atoms with van der Waals surface area (Å²) in [6.07, 6.45) is 1.35. The largest absolute Gasteiger partial charge is 0.390 e. The van der Waals surface area contributed by atoms with Crippen LogP contribution in [0.15, 0.2) is 0 Å². The molecule has 0 amide bonds. The molecule has 1 aliphatic rings. The zero-order chi connectivity index (χ0) is 11.0. The van der Waals surface area contributed by atoms with Gasteiger partial charge < -0.3 is 5.11 Å². The first-order valence-electron chi connectivity index (χ1n) is 5.36. The Labute approximate surface area is 84.5 Å². The number of hydrogen-bond donors (Lipinski definition) is 1. The molecule has 1 saturated carbocycles. The highest BCUT2D eigenvalue weighted by Gasteiger charge is 2.46. The van der Waals surface area contributed by atoms with Gasteiger partial charge >= 0.3 is 0 Å². The van der Waals surface area contributed by atoms with E-state index in [-0.39, 0.29) is 18.8 Å². The van der Waals surface area contributed by atoms with Crippen LogP contribution >= 0.6 is 0 Å². The first-order valence-corrected chi connectivity index (χ1v) is 5.36. The lowest BCUT2D eigenvalue weighted by molar-refractivity contribution is -0.0835. The van der Waals surface area contributed by atoms with Gasteiger partial charge in [0.15, 0.2) is 0 Å². The summed E-state index contributed by atoms with van der Waals surface area (Å²) in [5.41, 5.74) is -0.960. The van der Waals surface area contributed by atoms with Crippen molar-refractivity contribution in [2.24, 2.45) is 11.8 Å². The zero-order valence-corrected chi connectivity index (χ0v) is 9.19. The van der Waals surface area contributed by atoms with E-state index >= 15 is 0 Å². The van der Waals surface area contributed by atoms with Gasteiger partial charge in [-0.15, -0.1) is 0 Å². The van der Waals surface area contributed by atoms with Crippen LogP contribution in [-0.2, 0) is 0 Å². The van der Waals surface area contributed by atoms with Gasteiger partial charge in [-0.3, -0.25) is 0 Å². The van der Waals surface area contributed by atoms with Crippen molar-refractivity contribution in [2.75, 3.05) is 0 Å². The summed E-state index contributed by atoms with van der Waals surface area (Å²) in [5.74, 6) is -3.16. The molecule has 0 spiro atoms. The van der Waals surface area contributed by atoms with Crippen LogP contribution < -0.4 is 0 Å². The van der Waals surface area contributed by atoms with Crippen LogP contribution in [0, 0.1) is 11.8 Å². The molecular formula is C11H20F2O. The van der Waals surface area contributed by atoms with E-state index < -0.39 is 17.4 Å². The second kappa shape index (κ2) is 3.76. The second-order valence-electron chi connectivity index (χ2n) is 5.07. The van der Waals surface area contributed by atoms with Gasteiger partial charge in [-0.1, -0.05) is 13.8 Å². The number of rotatable bonds is 3. The molecule has 84 valence electrons. The van der Waals surface area contributed by atoms with Gasteiger partial charge in [0.1, 0.15) is 0 Å². The van der Waals surface area contributed by atoms with Crippen molar-refractivity contribution in [3.05, 3.63) is 0 Å². The molecule has 0 saturated heterocycles. The van der Waals surface area contributed by atoms with Crippen molar-refractivity contribution in [3.8, 4) is 0 Å². The van der Waals surface area contributed by atoms with Crippen LogP contribution in [0.4, 0.5) is 8.78 Å². The Kier molecular flexibility index (Phi) is 3.20. The SMILES string of the molecule is CC(C)C(C)(O)CC1CCCC1(F)F. The molecule has 1 fully saturated rings. The van der Waals surface area contributed by atoms with Gasteiger partial charge in [-0.2, -0.15) is 0 Å². The molecule has 1 nitrogen and oxygen atoms in total. The van der Waals surface area contributed by atoms with Crippen LogP contribution in [0.3, 0.4) is 0 Å². The molecular weight excluding hydrogens is 186 g/mol. The summed E-state index contributed by atoms with van der Waals surface area (Å²) >= 11 is 0. The molecule has 0 aliphatic heterocycles. The van der Waals surface area contributed by atoms with Crippen molar-refractivity contribution in [3.63, 3.8) is 0 Å². The molecule has 0 heterocycles. The minimum absolute atomic E-state index is 0.00809. The fourth-order valence-corrected chi connectivity index (χ4v) is 1.99. The van der Waals surface area contributed by atoms with Gasteiger partial charge in [0.25, 0.3) is 5.92 Å². The highest BCUT2D eigenvalue weighted by Crippen LogP contribution is 2.45. The van der Waals surface area contributed by atoms with E-state index in [1.165, 1.54) is 0 Å². The minimum atomic E-state index is -2.56. The van der Waals surface area contributed by atoms with Gasteiger partial charge in [0, 0.05) is 12.3 Å². The van der Waals surface area contributed by atoms with Gasteiger partial charge in [0.05, 0.1) is 5.60 Å². The number of hydrogen-bond acceptors (Lipinski definition) is 1. The third kappa shape index (κ3) is 2.44.